The Morgan fingerprint density at radius 3 is 0.344 bits per heavy atom. The molecule has 0 heterocycles. The molecule has 0 aliphatic rings. The van der Waals surface area contributed by atoms with Gasteiger partial charge in [-0.2, -0.15) is 0 Å². The lowest BCUT2D eigenvalue weighted by Crippen LogP contribution is -1.86. The van der Waals surface area contributed by atoms with Gasteiger partial charge in [0.2, 0.25) is 0 Å². The monoisotopic (exact) mass is 874 g/mol. The Morgan fingerprint density at radius 2 is 0.230 bits per heavy atom. The summed E-state index contributed by atoms with van der Waals surface area (Å²) in [5.41, 5.74) is 0. The maximum atomic E-state index is 2.31. The maximum absolute atomic E-state index is 2.31. The molecular weight excluding hydrogens is 752 g/mol. The highest BCUT2D eigenvalue weighted by Crippen LogP contribution is 2.21. The predicted molar refractivity (Wildman–Crippen MR) is 287 cm³/mol. The third kappa shape index (κ3) is 60.4. The minimum absolute atomic E-state index is 1.37. The summed E-state index contributed by atoms with van der Waals surface area (Å²) in [7, 11) is 1.75. The average Bonchev–Trinajstić information content (AvgIpc) is 3.27. The SMILES string of the molecule is CCCCCCCCCCCCCCCCCCCCCCCCCCCCCC[P]CCCCCCCCCCCCCCCCCCCCCCCCCCCCCC. The van der Waals surface area contributed by atoms with E-state index in [0.29, 0.717) is 0 Å². The molecule has 0 amide bonds. The number of hydrogen-bond acceptors (Lipinski definition) is 0. The average molecular weight is 875 g/mol. The van der Waals surface area contributed by atoms with Crippen LogP contribution in [0.3, 0.4) is 0 Å². The van der Waals surface area contributed by atoms with Gasteiger partial charge in [0.1, 0.15) is 0 Å². The van der Waals surface area contributed by atoms with Crippen molar-refractivity contribution in [2.45, 2.75) is 373 Å². The lowest BCUT2D eigenvalue weighted by Gasteiger charge is -2.05. The van der Waals surface area contributed by atoms with Crippen LogP contribution >= 0.6 is 8.58 Å². The molecule has 0 aromatic carbocycles. The van der Waals surface area contributed by atoms with Crippen LogP contribution in [0.15, 0.2) is 0 Å². The normalized spacial score (nSPS) is 11.7. The van der Waals surface area contributed by atoms with E-state index < -0.39 is 0 Å². The first-order valence-electron chi connectivity index (χ1n) is 30.0. The van der Waals surface area contributed by atoms with Gasteiger partial charge in [-0.1, -0.05) is 369 Å². The topological polar surface area (TPSA) is 0 Å². The van der Waals surface area contributed by atoms with Crippen LogP contribution in [-0.4, -0.2) is 12.3 Å². The third-order valence-corrected chi connectivity index (χ3v) is 15.6. The van der Waals surface area contributed by atoms with E-state index in [2.05, 4.69) is 13.8 Å². The van der Waals surface area contributed by atoms with Crippen molar-refractivity contribution in [2.24, 2.45) is 0 Å². The van der Waals surface area contributed by atoms with E-state index in [9.17, 15) is 0 Å². The molecule has 0 unspecified atom stereocenters. The molecule has 1 radical (unpaired) electrons. The zero-order valence-corrected chi connectivity index (χ0v) is 44.4. The summed E-state index contributed by atoms with van der Waals surface area (Å²) in [6.45, 7) is 4.63. The number of hydrogen-bond donors (Lipinski definition) is 0. The second-order valence-corrected chi connectivity index (χ2v) is 22.1. The first-order chi connectivity index (χ1) is 30.4. The van der Waals surface area contributed by atoms with Crippen molar-refractivity contribution in [3.05, 3.63) is 0 Å². The fourth-order valence-electron chi connectivity index (χ4n) is 9.90. The molecule has 61 heavy (non-hydrogen) atoms. The van der Waals surface area contributed by atoms with Crippen LogP contribution in [-0.2, 0) is 0 Å². The van der Waals surface area contributed by atoms with Gasteiger partial charge in [-0.3, -0.25) is 0 Å². The molecule has 0 atom stereocenters. The molecule has 0 aromatic heterocycles. The Labute approximate surface area is 392 Å². The highest BCUT2D eigenvalue weighted by atomic mass is 31.1. The minimum atomic E-state index is 1.37. The van der Waals surface area contributed by atoms with Crippen molar-refractivity contribution in [3.8, 4) is 0 Å². The molecule has 0 aliphatic heterocycles. The smallest absolute Gasteiger partial charge is 0.0287 e. The first kappa shape index (κ1) is 61.4. The van der Waals surface area contributed by atoms with E-state index in [4.69, 9.17) is 0 Å². The van der Waals surface area contributed by atoms with E-state index in [1.807, 2.05) is 0 Å². The standard InChI is InChI=1S/C60H122P/c1-3-5-7-9-11-13-15-17-19-21-23-25-27-29-31-33-35-37-39-41-43-45-47-49-51-53-55-57-59-61-60-58-56-54-52-50-48-46-44-42-40-38-36-34-32-30-28-26-24-22-20-18-16-14-12-10-8-6-4-2/h3-60H2,1-2H3. The van der Waals surface area contributed by atoms with E-state index in [1.165, 1.54) is 372 Å². The Kier molecular flexibility index (Phi) is 60.9. The van der Waals surface area contributed by atoms with Crippen molar-refractivity contribution in [2.75, 3.05) is 12.3 Å². The number of rotatable bonds is 58. The minimum Gasteiger partial charge on any atom is -0.0810 e. The lowest BCUT2D eigenvalue weighted by atomic mass is 10.0. The quantitative estimate of drug-likeness (QED) is 0.0422. The van der Waals surface area contributed by atoms with Gasteiger partial charge in [0.25, 0.3) is 0 Å². The second kappa shape index (κ2) is 60.4. The Morgan fingerprint density at radius 1 is 0.131 bits per heavy atom. The van der Waals surface area contributed by atoms with Crippen LogP contribution in [0.1, 0.15) is 373 Å². The molecule has 0 saturated heterocycles. The second-order valence-electron chi connectivity index (χ2n) is 20.8. The fourth-order valence-corrected chi connectivity index (χ4v) is 11.0. The summed E-state index contributed by atoms with van der Waals surface area (Å²) < 4.78 is 0. The maximum Gasteiger partial charge on any atom is -0.0287 e. The van der Waals surface area contributed by atoms with Gasteiger partial charge in [-0.25, -0.2) is 0 Å². The van der Waals surface area contributed by atoms with Crippen molar-refractivity contribution in [3.63, 3.8) is 0 Å². The summed E-state index contributed by atoms with van der Waals surface area (Å²) in [5.74, 6) is 0. The molecule has 0 rings (SSSR count). The molecule has 0 nitrogen and oxygen atoms in total. The van der Waals surface area contributed by atoms with E-state index in [-0.39, 0.29) is 0 Å². The summed E-state index contributed by atoms with van der Waals surface area (Å²) in [5, 5.41) is 0. The molecular formula is C60H122P. The van der Waals surface area contributed by atoms with E-state index >= 15 is 0 Å². The number of unbranched alkanes of at least 4 members (excludes halogenated alkanes) is 54. The van der Waals surface area contributed by atoms with Gasteiger partial charge in [0, 0.05) is 0 Å². The molecule has 0 aromatic rings. The Balaban J connectivity index is 3.06. The van der Waals surface area contributed by atoms with Gasteiger partial charge < -0.3 is 0 Å². The van der Waals surface area contributed by atoms with Crippen LogP contribution in [0.2, 0.25) is 0 Å². The summed E-state index contributed by atoms with van der Waals surface area (Å²) in [6.07, 6.45) is 86.2. The van der Waals surface area contributed by atoms with Gasteiger partial charge in [-0.05, 0) is 25.2 Å². The van der Waals surface area contributed by atoms with Gasteiger partial charge in [0.15, 0.2) is 0 Å². The molecule has 0 saturated carbocycles. The molecule has 0 fully saturated rings. The van der Waals surface area contributed by atoms with E-state index in [0.717, 1.165) is 0 Å². The fraction of sp³-hybridized carbons (Fsp3) is 1.00. The summed E-state index contributed by atoms with van der Waals surface area (Å²) in [6, 6.07) is 0. The van der Waals surface area contributed by atoms with Crippen LogP contribution in [0.5, 0.6) is 0 Å². The van der Waals surface area contributed by atoms with Crippen molar-refractivity contribution in [1.29, 1.82) is 0 Å². The molecule has 0 N–H and O–H groups in total. The summed E-state index contributed by atoms with van der Waals surface area (Å²) in [4.78, 5) is 0. The third-order valence-electron chi connectivity index (χ3n) is 14.3. The lowest BCUT2D eigenvalue weighted by molar-refractivity contribution is 0.514. The van der Waals surface area contributed by atoms with Gasteiger partial charge in [-0.15, -0.1) is 0 Å². The van der Waals surface area contributed by atoms with Gasteiger partial charge >= 0.3 is 0 Å². The largest absolute Gasteiger partial charge is 0.0810 e. The van der Waals surface area contributed by atoms with Crippen LogP contribution in [0, 0.1) is 0 Å². The van der Waals surface area contributed by atoms with Gasteiger partial charge in [0.05, 0.1) is 0 Å². The molecule has 0 spiro atoms. The summed E-state index contributed by atoms with van der Waals surface area (Å²) >= 11 is 0. The Hall–Kier alpha value is 0.430. The van der Waals surface area contributed by atoms with E-state index in [1.54, 1.807) is 8.58 Å². The molecule has 0 bridgehead atoms. The highest BCUT2D eigenvalue weighted by molar-refractivity contribution is 7.37. The first-order valence-corrected chi connectivity index (χ1v) is 31.3. The zero-order valence-electron chi connectivity index (χ0n) is 43.5. The van der Waals surface area contributed by atoms with Crippen molar-refractivity contribution in [1.82, 2.24) is 0 Å². The molecule has 0 aliphatic carbocycles. The highest BCUT2D eigenvalue weighted by Gasteiger charge is 2.00. The zero-order chi connectivity index (χ0) is 43.7. The van der Waals surface area contributed by atoms with Crippen LogP contribution in [0.4, 0.5) is 0 Å². The van der Waals surface area contributed by atoms with Crippen LogP contribution in [0.25, 0.3) is 0 Å². The predicted octanol–water partition coefficient (Wildman–Crippen LogP) is 23.8. The van der Waals surface area contributed by atoms with Crippen molar-refractivity contribution >= 4 is 8.58 Å². The molecule has 367 valence electrons. The Bertz CT molecular complexity index is 644. The van der Waals surface area contributed by atoms with Crippen molar-refractivity contribution < 1.29 is 0 Å². The molecule has 1 heteroatoms. The van der Waals surface area contributed by atoms with Crippen LogP contribution < -0.4 is 0 Å².